The second-order valence-corrected chi connectivity index (χ2v) is 2.28. The maximum Gasteiger partial charge on any atom is 0.0316 e. The summed E-state index contributed by atoms with van der Waals surface area (Å²) in [6, 6.07) is 7.80. The number of halogens is 1. The summed E-state index contributed by atoms with van der Waals surface area (Å²) in [4.78, 5) is 0. The van der Waals surface area contributed by atoms with Crippen LogP contribution in [0.4, 0.5) is 5.69 Å². The van der Waals surface area contributed by atoms with Crippen LogP contribution >= 0.6 is 12.4 Å². The number of benzene rings is 1. The van der Waals surface area contributed by atoms with E-state index in [1.165, 1.54) is 5.56 Å². The number of hydrogen-bond donors (Lipinski definition) is 2. The van der Waals surface area contributed by atoms with E-state index < -0.39 is 0 Å². The van der Waals surface area contributed by atoms with Crippen LogP contribution in [0.15, 0.2) is 24.3 Å². The fourth-order valence-electron chi connectivity index (χ4n) is 0.915. The summed E-state index contributed by atoms with van der Waals surface area (Å²) in [7, 11) is 0. The Bertz CT molecular complexity index is 213. The van der Waals surface area contributed by atoms with Gasteiger partial charge < -0.3 is 11.5 Å². The molecule has 0 spiro atoms. The molecule has 0 amide bonds. The van der Waals surface area contributed by atoms with Crippen molar-refractivity contribution < 1.29 is 0 Å². The highest BCUT2D eigenvalue weighted by atomic mass is 35.5. The molecule has 0 unspecified atom stereocenters. The van der Waals surface area contributed by atoms with Crippen molar-refractivity contribution in [3.05, 3.63) is 29.8 Å². The standard InChI is InChI=1S/C8H12N2.ClH/c9-5-4-7-2-1-3-8(10)6-7;/h1-3,6H,4-5,9-10H2;1H. The average molecular weight is 173 g/mol. The molecule has 0 aliphatic carbocycles. The van der Waals surface area contributed by atoms with E-state index in [0.717, 1.165) is 12.1 Å². The number of hydrogen-bond acceptors (Lipinski definition) is 2. The van der Waals surface area contributed by atoms with Crippen molar-refractivity contribution in [2.24, 2.45) is 5.73 Å². The predicted molar refractivity (Wildman–Crippen MR) is 50.9 cm³/mol. The van der Waals surface area contributed by atoms with Crippen LogP contribution in [0.5, 0.6) is 0 Å². The van der Waals surface area contributed by atoms with Crippen molar-refractivity contribution in [3.63, 3.8) is 0 Å². The van der Waals surface area contributed by atoms with Crippen LogP contribution in [0.2, 0.25) is 0 Å². The van der Waals surface area contributed by atoms with Gasteiger partial charge >= 0.3 is 0 Å². The molecule has 62 valence electrons. The SMILES string of the molecule is Cl.NCCc1cccc(N)c1. The first-order chi connectivity index (χ1) is 4.83. The molecular weight excluding hydrogens is 160 g/mol. The minimum Gasteiger partial charge on any atom is -0.399 e. The van der Waals surface area contributed by atoms with Gasteiger partial charge in [0.05, 0.1) is 0 Å². The molecule has 4 N–H and O–H groups in total. The van der Waals surface area contributed by atoms with E-state index in [9.17, 15) is 0 Å². The molecule has 1 rings (SSSR count). The molecule has 1 aromatic rings. The molecular formula is C8H13ClN2. The molecule has 0 radical (unpaired) electrons. The predicted octanol–water partition coefficient (Wildman–Crippen LogP) is 1.19. The highest BCUT2D eigenvalue weighted by molar-refractivity contribution is 5.85. The van der Waals surface area contributed by atoms with Gasteiger partial charge in [0, 0.05) is 5.69 Å². The molecule has 0 aromatic heterocycles. The Balaban J connectivity index is 0.000001000. The normalized spacial score (nSPS) is 8.82. The molecule has 0 atom stereocenters. The fraction of sp³-hybridized carbons (Fsp3) is 0.250. The van der Waals surface area contributed by atoms with Crippen LogP contribution in [-0.4, -0.2) is 6.54 Å². The molecule has 11 heavy (non-hydrogen) atoms. The van der Waals surface area contributed by atoms with Crippen molar-refractivity contribution in [3.8, 4) is 0 Å². The summed E-state index contributed by atoms with van der Waals surface area (Å²) in [6.45, 7) is 0.684. The van der Waals surface area contributed by atoms with Gasteiger partial charge in [-0.1, -0.05) is 12.1 Å². The smallest absolute Gasteiger partial charge is 0.0316 e. The Hall–Kier alpha value is -0.730. The van der Waals surface area contributed by atoms with E-state index in [1.807, 2.05) is 24.3 Å². The van der Waals surface area contributed by atoms with Gasteiger partial charge in [0.25, 0.3) is 0 Å². The van der Waals surface area contributed by atoms with Crippen LogP contribution in [0.1, 0.15) is 5.56 Å². The molecule has 3 heteroatoms. The minimum absolute atomic E-state index is 0. The Labute approximate surface area is 73.0 Å². The summed E-state index contributed by atoms with van der Waals surface area (Å²) in [5, 5.41) is 0. The summed E-state index contributed by atoms with van der Waals surface area (Å²) in [5.41, 5.74) is 12.9. The zero-order chi connectivity index (χ0) is 7.40. The monoisotopic (exact) mass is 172 g/mol. The maximum atomic E-state index is 5.55. The van der Waals surface area contributed by atoms with Gasteiger partial charge in [0.1, 0.15) is 0 Å². The minimum atomic E-state index is 0. The summed E-state index contributed by atoms with van der Waals surface area (Å²) in [5.74, 6) is 0. The third-order valence-corrected chi connectivity index (χ3v) is 1.38. The van der Waals surface area contributed by atoms with E-state index in [1.54, 1.807) is 0 Å². The molecule has 0 fully saturated rings. The van der Waals surface area contributed by atoms with Crippen LogP contribution in [0.3, 0.4) is 0 Å². The van der Waals surface area contributed by atoms with Gasteiger partial charge in [-0.3, -0.25) is 0 Å². The van der Waals surface area contributed by atoms with Crippen LogP contribution < -0.4 is 11.5 Å². The van der Waals surface area contributed by atoms with Crippen molar-refractivity contribution in [2.75, 3.05) is 12.3 Å². The first-order valence-corrected chi connectivity index (χ1v) is 3.37. The van der Waals surface area contributed by atoms with Crippen molar-refractivity contribution in [1.29, 1.82) is 0 Å². The lowest BCUT2D eigenvalue weighted by atomic mass is 10.1. The van der Waals surface area contributed by atoms with E-state index in [0.29, 0.717) is 6.54 Å². The van der Waals surface area contributed by atoms with E-state index >= 15 is 0 Å². The fourth-order valence-corrected chi connectivity index (χ4v) is 0.915. The van der Waals surface area contributed by atoms with Crippen molar-refractivity contribution in [1.82, 2.24) is 0 Å². The summed E-state index contributed by atoms with van der Waals surface area (Å²) >= 11 is 0. The molecule has 0 saturated heterocycles. The summed E-state index contributed by atoms with van der Waals surface area (Å²) < 4.78 is 0. The molecule has 0 aliphatic heterocycles. The second-order valence-electron chi connectivity index (χ2n) is 2.28. The highest BCUT2D eigenvalue weighted by Gasteiger charge is 1.89. The Morgan fingerprint density at radius 3 is 2.55 bits per heavy atom. The van der Waals surface area contributed by atoms with Crippen molar-refractivity contribution in [2.45, 2.75) is 6.42 Å². The number of nitrogen functional groups attached to an aromatic ring is 1. The van der Waals surface area contributed by atoms with Crippen LogP contribution in [-0.2, 0) is 6.42 Å². The van der Waals surface area contributed by atoms with Gasteiger partial charge in [-0.2, -0.15) is 0 Å². The van der Waals surface area contributed by atoms with E-state index in [4.69, 9.17) is 11.5 Å². The molecule has 0 aliphatic rings. The van der Waals surface area contributed by atoms with E-state index in [-0.39, 0.29) is 12.4 Å². The lowest BCUT2D eigenvalue weighted by Crippen LogP contribution is -2.02. The number of nitrogens with two attached hydrogens (primary N) is 2. The van der Waals surface area contributed by atoms with Gasteiger partial charge in [-0.15, -0.1) is 12.4 Å². The van der Waals surface area contributed by atoms with Gasteiger partial charge in [-0.25, -0.2) is 0 Å². The second kappa shape index (κ2) is 4.99. The topological polar surface area (TPSA) is 52.0 Å². The lowest BCUT2D eigenvalue weighted by Gasteiger charge is -1.98. The third kappa shape index (κ3) is 3.25. The average Bonchev–Trinajstić information content (AvgIpc) is 1.88. The Morgan fingerprint density at radius 2 is 2.00 bits per heavy atom. The molecule has 0 bridgehead atoms. The molecule has 1 aromatic carbocycles. The first-order valence-electron chi connectivity index (χ1n) is 3.37. The Kier molecular flexibility index (Phi) is 4.66. The third-order valence-electron chi connectivity index (χ3n) is 1.38. The zero-order valence-electron chi connectivity index (χ0n) is 6.29. The molecule has 0 saturated carbocycles. The quantitative estimate of drug-likeness (QED) is 0.659. The van der Waals surface area contributed by atoms with Crippen LogP contribution in [0, 0.1) is 0 Å². The lowest BCUT2D eigenvalue weighted by molar-refractivity contribution is 0.969. The zero-order valence-corrected chi connectivity index (χ0v) is 7.10. The molecule has 2 nitrogen and oxygen atoms in total. The largest absolute Gasteiger partial charge is 0.399 e. The summed E-state index contributed by atoms with van der Waals surface area (Å²) in [6.07, 6.45) is 0.908. The van der Waals surface area contributed by atoms with Gasteiger partial charge in [-0.05, 0) is 30.7 Å². The highest BCUT2D eigenvalue weighted by Crippen LogP contribution is 2.05. The maximum absolute atomic E-state index is 5.55. The Morgan fingerprint density at radius 1 is 1.27 bits per heavy atom. The van der Waals surface area contributed by atoms with Crippen LogP contribution in [0.25, 0.3) is 0 Å². The first kappa shape index (κ1) is 10.3. The van der Waals surface area contributed by atoms with Gasteiger partial charge in [0.15, 0.2) is 0 Å². The number of rotatable bonds is 2. The molecule has 0 heterocycles. The number of anilines is 1. The van der Waals surface area contributed by atoms with Gasteiger partial charge in [0.2, 0.25) is 0 Å². The van der Waals surface area contributed by atoms with E-state index in [2.05, 4.69) is 0 Å². The van der Waals surface area contributed by atoms with Crippen molar-refractivity contribution >= 4 is 18.1 Å².